The van der Waals surface area contributed by atoms with Crippen LogP contribution >= 0.6 is 0 Å². The van der Waals surface area contributed by atoms with Crippen LogP contribution in [0, 0.1) is 12.3 Å². The predicted octanol–water partition coefficient (Wildman–Crippen LogP) is 2.50. The summed E-state index contributed by atoms with van der Waals surface area (Å²) < 4.78 is 33.1. The van der Waals surface area contributed by atoms with Crippen molar-refractivity contribution < 1.29 is 23.1 Å². The lowest BCUT2D eigenvalue weighted by Crippen LogP contribution is -2.36. The molecule has 1 aromatic heterocycles. The van der Waals surface area contributed by atoms with Crippen LogP contribution in [0.3, 0.4) is 0 Å². The Kier molecular flexibility index (Phi) is 9.12. The van der Waals surface area contributed by atoms with Gasteiger partial charge in [0.05, 0.1) is 17.9 Å². The minimum Gasteiger partial charge on any atom is -0.494 e. The highest BCUT2D eigenvalue weighted by Gasteiger charge is 2.22. The first kappa shape index (κ1) is 23.2. The van der Waals surface area contributed by atoms with Gasteiger partial charge in [0.25, 0.3) is 0 Å². The summed E-state index contributed by atoms with van der Waals surface area (Å²) in [5.74, 6) is 2.39. The van der Waals surface area contributed by atoms with Crippen molar-refractivity contribution in [3.05, 3.63) is 48.7 Å². The molecule has 1 aromatic carbocycles. The fraction of sp³-hybridized carbons (Fsp3) is 0.333. The average Bonchev–Trinajstić information content (AvgIpc) is 2.71. The van der Waals surface area contributed by atoms with Gasteiger partial charge < -0.3 is 15.2 Å². The molecule has 0 aliphatic rings. The van der Waals surface area contributed by atoms with E-state index in [4.69, 9.17) is 16.3 Å². The molecular formula is C21H25N3O5S. The van der Waals surface area contributed by atoms with Crippen LogP contribution in [0.2, 0.25) is 0 Å². The molecule has 9 heteroatoms. The van der Waals surface area contributed by atoms with Crippen LogP contribution in [-0.4, -0.2) is 43.7 Å². The minimum atomic E-state index is -3.93. The molecular weight excluding hydrogens is 406 g/mol. The molecule has 160 valence electrons. The van der Waals surface area contributed by atoms with E-state index in [1.165, 1.54) is 12.1 Å². The van der Waals surface area contributed by atoms with Gasteiger partial charge in [0, 0.05) is 31.3 Å². The molecule has 1 atom stereocenters. The van der Waals surface area contributed by atoms with Crippen molar-refractivity contribution in [3.8, 4) is 18.1 Å². The van der Waals surface area contributed by atoms with Crippen molar-refractivity contribution in [1.29, 1.82) is 0 Å². The fourth-order valence-electron chi connectivity index (χ4n) is 2.63. The summed E-state index contributed by atoms with van der Waals surface area (Å²) >= 11 is 0. The third kappa shape index (κ3) is 8.11. The quantitative estimate of drug-likeness (QED) is 0.329. The number of anilines is 1. The van der Waals surface area contributed by atoms with E-state index in [-0.39, 0.29) is 11.3 Å². The number of carboxylic acid groups (broad SMARTS) is 1. The number of aromatic nitrogens is 1. The van der Waals surface area contributed by atoms with Crippen molar-refractivity contribution in [2.24, 2.45) is 0 Å². The van der Waals surface area contributed by atoms with E-state index >= 15 is 0 Å². The van der Waals surface area contributed by atoms with Gasteiger partial charge in [0.15, 0.2) is 0 Å². The maximum absolute atomic E-state index is 12.6. The topological polar surface area (TPSA) is 118 Å². The largest absolute Gasteiger partial charge is 0.494 e. The Labute approximate surface area is 176 Å². The van der Waals surface area contributed by atoms with Crippen molar-refractivity contribution in [2.75, 3.05) is 18.5 Å². The van der Waals surface area contributed by atoms with Gasteiger partial charge in [-0.05, 0) is 37.1 Å². The van der Waals surface area contributed by atoms with Crippen LogP contribution in [0.25, 0.3) is 0 Å². The number of nitrogens with one attached hydrogen (secondary N) is 2. The van der Waals surface area contributed by atoms with E-state index in [0.29, 0.717) is 12.4 Å². The number of terminal acetylenes is 1. The number of ether oxygens (including phenoxy) is 1. The van der Waals surface area contributed by atoms with Crippen LogP contribution in [0.15, 0.2) is 53.6 Å². The van der Waals surface area contributed by atoms with Crippen LogP contribution in [0.4, 0.5) is 5.82 Å². The number of hydrogen-bond acceptors (Lipinski definition) is 6. The zero-order valence-corrected chi connectivity index (χ0v) is 17.3. The summed E-state index contributed by atoms with van der Waals surface area (Å²) in [5, 5.41) is 12.1. The van der Waals surface area contributed by atoms with Crippen LogP contribution in [-0.2, 0) is 14.8 Å². The highest BCUT2D eigenvalue weighted by Crippen LogP contribution is 2.19. The normalized spacial score (nSPS) is 12.0. The minimum absolute atomic E-state index is 0.00997. The molecule has 0 aliphatic carbocycles. The molecule has 0 aliphatic heterocycles. The summed E-state index contributed by atoms with van der Waals surface area (Å²) in [5.41, 5.74) is 0. The first-order valence-corrected chi connectivity index (χ1v) is 10.9. The van der Waals surface area contributed by atoms with Gasteiger partial charge in [-0.3, -0.25) is 4.79 Å². The lowest BCUT2D eigenvalue weighted by atomic mass is 10.2. The Hall–Kier alpha value is -3.09. The smallest absolute Gasteiger partial charge is 0.305 e. The zero-order valence-electron chi connectivity index (χ0n) is 16.5. The van der Waals surface area contributed by atoms with Crippen molar-refractivity contribution >= 4 is 21.8 Å². The number of unbranched alkanes of at least 4 members (excludes halogenated alkanes) is 1. The highest BCUT2D eigenvalue weighted by atomic mass is 32.2. The number of nitrogens with zero attached hydrogens (tertiary/aromatic N) is 1. The van der Waals surface area contributed by atoms with Gasteiger partial charge in [-0.1, -0.05) is 12.1 Å². The van der Waals surface area contributed by atoms with Gasteiger partial charge in [0.2, 0.25) is 10.0 Å². The fourth-order valence-corrected chi connectivity index (χ4v) is 3.90. The van der Waals surface area contributed by atoms with Gasteiger partial charge in [0.1, 0.15) is 11.6 Å². The maximum Gasteiger partial charge on any atom is 0.305 e. The van der Waals surface area contributed by atoms with Crippen molar-refractivity contribution in [3.63, 3.8) is 0 Å². The van der Waals surface area contributed by atoms with E-state index in [1.807, 2.05) is 18.2 Å². The van der Waals surface area contributed by atoms with Gasteiger partial charge in [-0.25, -0.2) is 18.1 Å². The lowest BCUT2D eigenvalue weighted by molar-refractivity contribution is -0.137. The number of hydrogen-bond donors (Lipinski definition) is 3. The monoisotopic (exact) mass is 431 g/mol. The molecule has 2 aromatic rings. The second-order valence-corrected chi connectivity index (χ2v) is 8.21. The van der Waals surface area contributed by atoms with Gasteiger partial charge in [-0.2, -0.15) is 0 Å². The predicted molar refractivity (Wildman–Crippen MR) is 114 cm³/mol. The first-order chi connectivity index (χ1) is 14.4. The number of rotatable bonds is 13. The number of aliphatic carboxylic acids is 1. The third-order valence-electron chi connectivity index (χ3n) is 4.03. The van der Waals surface area contributed by atoms with Gasteiger partial charge in [-0.15, -0.1) is 12.3 Å². The second-order valence-electron chi connectivity index (χ2n) is 6.50. The molecule has 0 amide bonds. The molecule has 0 fully saturated rings. The Balaban J connectivity index is 1.84. The lowest BCUT2D eigenvalue weighted by Gasteiger charge is -2.15. The van der Waals surface area contributed by atoms with Crippen molar-refractivity contribution in [2.45, 2.75) is 36.6 Å². The molecule has 0 unspecified atom stereocenters. The Morgan fingerprint density at radius 1 is 1.23 bits per heavy atom. The molecule has 1 heterocycles. The summed E-state index contributed by atoms with van der Waals surface area (Å²) in [6.45, 7) is 1.18. The molecule has 2 rings (SSSR count). The number of carbonyl (C=O) groups is 1. The summed E-state index contributed by atoms with van der Waals surface area (Å²) in [4.78, 5) is 15.1. The molecule has 0 saturated heterocycles. The molecule has 0 bridgehead atoms. The Morgan fingerprint density at radius 3 is 2.77 bits per heavy atom. The summed E-state index contributed by atoms with van der Waals surface area (Å²) in [6.07, 6.45) is 8.14. The number of pyridine rings is 1. The molecule has 0 saturated carbocycles. The highest BCUT2D eigenvalue weighted by molar-refractivity contribution is 7.89. The Bertz CT molecular complexity index is 958. The van der Waals surface area contributed by atoms with Crippen LogP contribution in [0.5, 0.6) is 5.75 Å². The van der Waals surface area contributed by atoms with E-state index < -0.39 is 28.5 Å². The summed E-state index contributed by atoms with van der Waals surface area (Å²) in [6, 6.07) is 10.8. The van der Waals surface area contributed by atoms with Crippen molar-refractivity contribution in [1.82, 2.24) is 9.71 Å². The summed E-state index contributed by atoms with van der Waals surface area (Å²) in [7, 11) is -3.93. The number of sulfonamides is 1. The molecule has 0 spiro atoms. The van der Waals surface area contributed by atoms with Crippen LogP contribution < -0.4 is 14.8 Å². The van der Waals surface area contributed by atoms with E-state index in [0.717, 1.165) is 25.2 Å². The van der Waals surface area contributed by atoms with Gasteiger partial charge >= 0.3 is 5.97 Å². The third-order valence-corrected chi connectivity index (χ3v) is 5.55. The van der Waals surface area contributed by atoms with E-state index in [2.05, 4.69) is 20.9 Å². The Morgan fingerprint density at radius 2 is 2.07 bits per heavy atom. The van der Waals surface area contributed by atoms with Crippen LogP contribution in [0.1, 0.15) is 25.7 Å². The zero-order chi connectivity index (χ0) is 21.8. The first-order valence-electron chi connectivity index (χ1n) is 9.46. The number of benzene rings is 1. The molecule has 8 nitrogen and oxygen atoms in total. The second kappa shape index (κ2) is 11.8. The van der Waals surface area contributed by atoms with E-state index in [1.54, 1.807) is 18.3 Å². The van der Waals surface area contributed by atoms with E-state index in [9.17, 15) is 13.2 Å². The molecule has 0 radical (unpaired) electrons. The molecule has 3 N–H and O–H groups in total. The average molecular weight is 432 g/mol. The standard InChI is InChI=1S/C21H25N3O5S/c1-2-8-17(15-21(25)26)24-30(27,28)19-10-7-9-18(16-19)29-14-6-5-13-23-20-11-3-4-12-22-20/h1,3-4,7,9-12,16-17,24H,5-6,8,13-15H2,(H,22,23)(H,25,26)/t17-/m0/s1. The molecule has 30 heavy (non-hydrogen) atoms. The SMILES string of the molecule is C#CC[C@@H](CC(=O)O)NS(=O)(=O)c1cccc(OCCCCNc2ccccn2)c1. The number of carboxylic acids is 1. The maximum atomic E-state index is 12.6.